The minimum absolute atomic E-state index is 0.300. The van der Waals surface area contributed by atoms with Gasteiger partial charge in [-0.2, -0.15) is 0 Å². The van der Waals surface area contributed by atoms with Crippen molar-refractivity contribution in [1.29, 1.82) is 0 Å². The second-order valence-corrected chi connectivity index (χ2v) is 10.9. The van der Waals surface area contributed by atoms with Gasteiger partial charge in [0.05, 0.1) is 6.61 Å². The molecule has 0 aromatic carbocycles. The van der Waals surface area contributed by atoms with E-state index in [2.05, 4.69) is 0 Å². The second-order valence-electron chi connectivity index (χ2n) is 5.00. The summed E-state index contributed by atoms with van der Waals surface area (Å²) in [5.41, 5.74) is -0.666. The van der Waals surface area contributed by atoms with Crippen LogP contribution in [-0.4, -0.2) is 26.4 Å². The van der Waals surface area contributed by atoms with Crippen LogP contribution in [0.1, 0.15) is 39.0 Å². The van der Waals surface area contributed by atoms with Crippen molar-refractivity contribution in [1.82, 2.24) is 0 Å². The van der Waals surface area contributed by atoms with Crippen LogP contribution in [0.2, 0.25) is 0 Å². The first-order valence-electron chi connectivity index (χ1n) is 7.00. The third-order valence-corrected chi connectivity index (χ3v) is 9.59. The monoisotopic (exact) mass is 356 g/mol. The van der Waals surface area contributed by atoms with Crippen molar-refractivity contribution >= 4 is 25.8 Å². The van der Waals surface area contributed by atoms with Gasteiger partial charge in [0.2, 0.25) is 0 Å². The zero-order valence-corrected chi connectivity index (χ0v) is 15.2. The largest absolute Gasteiger partial charge is 0.393 e. The molecule has 0 bridgehead atoms. The molecule has 0 amide bonds. The number of hydrogen-bond acceptors (Lipinski definition) is 7. The van der Waals surface area contributed by atoms with Crippen LogP contribution < -0.4 is 0 Å². The lowest BCUT2D eigenvalue weighted by Crippen LogP contribution is -2.32. The molecule has 1 fully saturated rings. The molecule has 0 aromatic heterocycles. The SMILES string of the molecule is CCOP1(=O)C=C(SP(=O)(OC)OC)C2(CCCCC2)O1. The Balaban J connectivity index is 2.31. The molecule has 1 spiro atoms. The van der Waals surface area contributed by atoms with E-state index in [1.54, 1.807) is 6.92 Å². The molecule has 2 aliphatic rings. The molecule has 1 unspecified atom stereocenters. The predicted octanol–water partition coefficient (Wildman–Crippen LogP) is 4.92. The Morgan fingerprint density at radius 3 is 2.48 bits per heavy atom. The smallest absolute Gasteiger partial charge is 0.306 e. The molecule has 1 saturated carbocycles. The summed E-state index contributed by atoms with van der Waals surface area (Å²) in [7, 11) is -0.609. The fourth-order valence-electron chi connectivity index (χ4n) is 2.66. The molecule has 1 atom stereocenters. The van der Waals surface area contributed by atoms with Gasteiger partial charge in [0.1, 0.15) is 5.60 Å². The van der Waals surface area contributed by atoms with Crippen molar-refractivity contribution in [2.75, 3.05) is 20.8 Å². The molecule has 1 aliphatic carbocycles. The standard InChI is InChI=1S/C12H22O6P2S/c1-4-17-19(13)10-11(21-20(14,15-2)16-3)12(18-19)8-6-5-7-9-12/h10H,4-9H2,1-3H3. The van der Waals surface area contributed by atoms with Crippen LogP contribution in [0.25, 0.3) is 0 Å². The molecule has 2 rings (SSSR count). The lowest BCUT2D eigenvalue weighted by Gasteiger charge is -2.35. The molecular weight excluding hydrogens is 334 g/mol. The highest BCUT2D eigenvalue weighted by molar-refractivity contribution is 8.57. The number of rotatable bonds is 6. The molecule has 1 heterocycles. The minimum Gasteiger partial charge on any atom is -0.306 e. The van der Waals surface area contributed by atoms with E-state index < -0.39 is 20.0 Å². The zero-order chi connectivity index (χ0) is 15.6. The normalized spacial score (nSPS) is 28.8. The van der Waals surface area contributed by atoms with Gasteiger partial charge >= 0.3 is 14.4 Å². The van der Waals surface area contributed by atoms with E-state index in [0.29, 0.717) is 11.5 Å². The molecule has 9 heteroatoms. The fourth-order valence-corrected chi connectivity index (χ4v) is 8.17. The van der Waals surface area contributed by atoms with Crippen molar-refractivity contribution < 1.29 is 27.2 Å². The topological polar surface area (TPSA) is 71.1 Å². The Morgan fingerprint density at radius 2 is 1.95 bits per heavy atom. The summed E-state index contributed by atoms with van der Waals surface area (Å²) in [6.07, 6.45) is 4.57. The van der Waals surface area contributed by atoms with Gasteiger partial charge in [0.25, 0.3) is 0 Å². The van der Waals surface area contributed by atoms with Crippen molar-refractivity contribution in [3.8, 4) is 0 Å². The maximum Gasteiger partial charge on any atom is 0.393 e. The van der Waals surface area contributed by atoms with E-state index in [0.717, 1.165) is 43.5 Å². The Kier molecular flexibility index (Phi) is 5.81. The highest BCUT2D eigenvalue weighted by Gasteiger charge is 2.51. The maximum atomic E-state index is 12.7. The van der Waals surface area contributed by atoms with Crippen LogP contribution in [0.3, 0.4) is 0 Å². The van der Waals surface area contributed by atoms with E-state index >= 15 is 0 Å². The minimum atomic E-state index is -3.31. The zero-order valence-electron chi connectivity index (χ0n) is 12.6. The lowest BCUT2D eigenvalue weighted by atomic mass is 9.85. The summed E-state index contributed by atoms with van der Waals surface area (Å²) in [6.45, 7) is -1.24. The summed E-state index contributed by atoms with van der Waals surface area (Å²) < 4.78 is 46.2. The first kappa shape index (κ1) is 17.7. The second kappa shape index (κ2) is 6.88. The molecule has 0 radical (unpaired) electrons. The van der Waals surface area contributed by atoms with Crippen LogP contribution in [0.4, 0.5) is 0 Å². The molecule has 0 aromatic rings. The van der Waals surface area contributed by atoms with Gasteiger partial charge in [-0.1, -0.05) is 19.3 Å². The first-order chi connectivity index (χ1) is 9.91. The third kappa shape index (κ3) is 3.84. The van der Waals surface area contributed by atoms with Gasteiger partial charge < -0.3 is 13.6 Å². The lowest BCUT2D eigenvalue weighted by molar-refractivity contribution is 0.0654. The van der Waals surface area contributed by atoms with Crippen molar-refractivity contribution in [2.24, 2.45) is 0 Å². The van der Waals surface area contributed by atoms with E-state index in [1.807, 2.05) is 0 Å². The summed E-state index contributed by atoms with van der Waals surface area (Å²) in [6, 6.07) is 0. The quantitative estimate of drug-likeness (QED) is 0.625. The van der Waals surface area contributed by atoms with Crippen molar-refractivity contribution in [3.05, 3.63) is 10.7 Å². The molecule has 0 N–H and O–H groups in total. The molecule has 6 nitrogen and oxygen atoms in total. The highest BCUT2D eigenvalue weighted by Crippen LogP contribution is 2.72. The van der Waals surface area contributed by atoms with Crippen LogP contribution in [-0.2, 0) is 27.2 Å². The molecule has 0 saturated heterocycles. The fraction of sp³-hybridized carbons (Fsp3) is 0.833. The van der Waals surface area contributed by atoms with Gasteiger partial charge in [0, 0.05) is 24.9 Å². The molecular formula is C12H22O6P2S. The van der Waals surface area contributed by atoms with Gasteiger partial charge in [-0.05, 0) is 31.1 Å². The average molecular weight is 356 g/mol. The van der Waals surface area contributed by atoms with Crippen LogP contribution in [0.5, 0.6) is 0 Å². The Morgan fingerprint density at radius 1 is 1.33 bits per heavy atom. The molecule has 21 heavy (non-hydrogen) atoms. The van der Waals surface area contributed by atoms with E-state index in [9.17, 15) is 9.13 Å². The Hall–Kier alpha value is 0.390. The van der Waals surface area contributed by atoms with E-state index in [-0.39, 0.29) is 0 Å². The summed E-state index contributed by atoms with van der Waals surface area (Å²) in [5, 5.41) is 0. The Labute approximate surface area is 129 Å². The van der Waals surface area contributed by atoms with Gasteiger partial charge in [-0.3, -0.25) is 9.09 Å². The van der Waals surface area contributed by atoms with Crippen LogP contribution in [0, 0.1) is 0 Å². The predicted molar refractivity (Wildman–Crippen MR) is 83.4 cm³/mol. The first-order valence-corrected chi connectivity index (χ1v) is 11.6. The van der Waals surface area contributed by atoms with Crippen LogP contribution in [0.15, 0.2) is 10.7 Å². The summed E-state index contributed by atoms with van der Waals surface area (Å²) in [4.78, 5) is 0.658. The summed E-state index contributed by atoms with van der Waals surface area (Å²) in [5.74, 6) is 1.50. The van der Waals surface area contributed by atoms with E-state index in [1.165, 1.54) is 20.0 Å². The van der Waals surface area contributed by atoms with Gasteiger partial charge in [-0.15, -0.1) is 0 Å². The number of hydrogen-bond donors (Lipinski definition) is 0. The Bertz CT molecular complexity index is 492. The van der Waals surface area contributed by atoms with E-state index in [4.69, 9.17) is 18.1 Å². The third-order valence-electron chi connectivity index (χ3n) is 3.65. The van der Waals surface area contributed by atoms with Crippen molar-refractivity contribution in [3.63, 3.8) is 0 Å². The summed E-state index contributed by atoms with van der Waals surface area (Å²) >= 11 is 0.983. The molecule has 122 valence electrons. The maximum absolute atomic E-state index is 12.7. The average Bonchev–Trinajstić information content (AvgIpc) is 2.71. The molecule has 1 aliphatic heterocycles. The van der Waals surface area contributed by atoms with Gasteiger partial charge in [0.15, 0.2) is 0 Å². The highest BCUT2D eigenvalue weighted by atomic mass is 32.7. The van der Waals surface area contributed by atoms with Crippen LogP contribution >= 0.6 is 25.8 Å². The van der Waals surface area contributed by atoms with Gasteiger partial charge in [-0.25, -0.2) is 4.57 Å². The van der Waals surface area contributed by atoms with Crippen molar-refractivity contribution in [2.45, 2.75) is 44.6 Å².